The average molecular weight is 298 g/mol. The molecule has 3 amide bonds. The quantitative estimate of drug-likeness (QED) is 0.767. The van der Waals surface area contributed by atoms with E-state index >= 15 is 0 Å². The molecule has 20 heavy (non-hydrogen) atoms. The third-order valence-electron chi connectivity index (χ3n) is 2.97. The first-order chi connectivity index (χ1) is 9.40. The van der Waals surface area contributed by atoms with Crippen LogP contribution in [0.2, 0.25) is 0 Å². The lowest BCUT2D eigenvalue weighted by Gasteiger charge is -2.19. The van der Waals surface area contributed by atoms with E-state index in [1.807, 2.05) is 17.5 Å². The van der Waals surface area contributed by atoms with E-state index in [-0.39, 0.29) is 19.1 Å². The molecular formula is C13H18N2O4S. The Hall–Kier alpha value is -1.44. The smallest absolute Gasteiger partial charge is 0.325 e. The first-order valence-electron chi connectivity index (χ1n) is 6.32. The molecule has 2 rings (SSSR count). The fraction of sp³-hybridized carbons (Fsp3) is 0.538. The summed E-state index contributed by atoms with van der Waals surface area (Å²) in [5.41, 5.74) is -0.908. The molecule has 1 atom stereocenters. The fourth-order valence-corrected chi connectivity index (χ4v) is 2.58. The highest BCUT2D eigenvalue weighted by molar-refractivity contribution is 7.09. The van der Waals surface area contributed by atoms with Crippen LogP contribution in [0.15, 0.2) is 17.5 Å². The summed E-state index contributed by atoms with van der Waals surface area (Å²) in [7, 11) is 0. The topological polar surface area (TPSA) is 78.9 Å². The van der Waals surface area contributed by atoms with Crippen LogP contribution in [0.5, 0.6) is 0 Å². The highest BCUT2D eigenvalue weighted by Crippen LogP contribution is 2.17. The van der Waals surface area contributed by atoms with Gasteiger partial charge in [-0.2, -0.15) is 0 Å². The molecule has 0 spiro atoms. The van der Waals surface area contributed by atoms with Crippen LogP contribution < -0.4 is 5.32 Å². The molecule has 1 aliphatic rings. The Labute approximate surface area is 121 Å². The van der Waals surface area contributed by atoms with Gasteiger partial charge in [0, 0.05) is 4.88 Å². The second kappa shape index (κ2) is 5.90. The number of carbonyl (C=O) groups excluding carboxylic acids is 2. The number of amides is 3. The summed E-state index contributed by atoms with van der Waals surface area (Å²) >= 11 is 1.57. The van der Waals surface area contributed by atoms with Crippen LogP contribution in [0.3, 0.4) is 0 Å². The molecule has 1 saturated heterocycles. The average Bonchev–Trinajstić information content (AvgIpc) is 2.93. The number of β-amino-alcohol motifs (C(OH)–C–C–N with tert-alkyl or cyclic N) is 1. The molecule has 0 aromatic carbocycles. The molecule has 0 aliphatic carbocycles. The maximum Gasteiger partial charge on any atom is 0.325 e. The number of thiophene rings is 1. The van der Waals surface area contributed by atoms with Crippen LogP contribution in [0.25, 0.3) is 0 Å². The van der Waals surface area contributed by atoms with Gasteiger partial charge < -0.3 is 15.2 Å². The Morgan fingerprint density at radius 1 is 1.50 bits per heavy atom. The van der Waals surface area contributed by atoms with Crippen molar-refractivity contribution in [1.29, 1.82) is 0 Å². The summed E-state index contributed by atoms with van der Waals surface area (Å²) in [5.74, 6) is -0.334. The first kappa shape index (κ1) is 15.0. The number of ether oxygens (including phenoxy) is 1. The van der Waals surface area contributed by atoms with Gasteiger partial charge in [-0.3, -0.25) is 9.69 Å². The minimum atomic E-state index is -0.908. The second-order valence-electron chi connectivity index (χ2n) is 5.22. The van der Waals surface area contributed by atoms with Crippen molar-refractivity contribution in [2.24, 2.45) is 0 Å². The number of aliphatic hydroxyl groups excluding tert-OH is 1. The number of nitrogens with zero attached hydrogens (tertiary/aromatic N) is 1. The number of rotatable bonds is 6. The van der Waals surface area contributed by atoms with E-state index in [1.165, 1.54) is 0 Å². The van der Waals surface area contributed by atoms with E-state index in [2.05, 4.69) is 5.32 Å². The van der Waals surface area contributed by atoms with E-state index < -0.39 is 17.7 Å². The van der Waals surface area contributed by atoms with Crippen LogP contribution in [0.1, 0.15) is 18.7 Å². The number of urea groups is 1. The van der Waals surface area contributed by atoms with Gasteiger partial charge in [0.2, 0.25) is 0 Å². The summed E-state index contributed by atoms with van der Waals surface area (Å²) in [6.07, 6.45) is -0.890. The molecule has 7 heteroatoms. The molecule has 6 nitrogen and oxygen atoms in total. The van der Waals surface area contributed by atoms with Crippen molar-refractivity contribution in [3.63, 3.8) is 0 Å². The largest absolute Gasteiger partial charge is 0.389 e. The molecule has 2 heterocycles. The maximum atomic E-state index is 11.9. The van der Waals surface area contributed by atoms with Crippen LogP contribution in [0, 0.1) is 0 Å². The fourth-order valence-electron chi connectivity index (χ4n) is 1.94. The van der Waals surface area contributed by atoms with E-state index in [0.29, 0.717) is 6.61 Å². The van der Waals surface area contributed by atoms with Crippen molar-refractivity contribution in [1.82, 2.24) is 10.2 Å². The molecule has 1 aromatic rings. The predicted molar refractivity (Wildman–Crippen MR) is 74.3 cm³/mol. The van der Waals surface area contributed by atoms with E-state index in [1.54, 1.807) is 25.2 Å². The second-order valence-corrected chi connectivity index (χ2v) is 6.25. The van der Waals surface area contributed by atoms with Gasteiger partial charge in [0.25, 0.3) is 5.91 Å². The van der Waals surface area contributed by atoms with Gasteiger partial charge in [0.05, 0.1) is 25.9 Å². The Kier molecular flexibility index (Phi) is 4.42. The molecule has 0 bridgehead atoms. The maximum absolute atomic E-state index is 11.9. The van der Waals surface area contributed by atoms with Crippen molar-refractivity contribution in [3.8, 4) is 0 Å². The molecule has 1 aliphatic heterocycles. The highest BCUT2D eigenvalue weighted by Gasteiger charge is 2.44. The van der Waals surface area contributed by atoms with Gasteiger partial charge in [0.1, 0.15) is 5.54 Å². The zero-order valence-electron chi connectivity index (χ0n) is 11.5. The van der Waals surface area contributed by atoms with Crippen LogP contribution in [-0.2, 0) is 16.1 Å². The number of nitrogens with one attached hydrogen (secondary N) is 1. The number of hydrogen-bond donors (Lipinski definition) is 2. The van der Waals surface area contributed by atoms with Crippen LogP contribution >= 0.6 is 11.3 Å². The van der Waals surface area contributed by atoms with Gasteiger partial charge in [-0.05, 0) is 25.3 Å². The van der Waals surface area contributed by atoms with Crippen molar-refractivity contribution in [3.05, 3.63) is 22.4 Å². The number of aliphatic hydroxyl groups is 1. The lowest BCUT2D eigenvalue weighted by Crippen LogP contribution is -2.42. The SMILES string of the molecule is CC1(C)NC(=O)N(C[C@@H](O)COCc2cccs2)C1=O. The number of carbonyl (C=O) groups is 2. The Morgan fingerprint density at radius 2 is 2.25 bits per heavy atom. The number of imide groups is 1. The predicted octanol–water partition coefficient (Wildman–Crippen LogP) is 0.956. The van der Waals surface area contributed by atoms with Gasteiger partial charge in [-0.15, -0.1) is 11.3 Å². The zero-order chi connectivity index (χ0) is 14.8. The van der Waals surface area contributed by atoms with Gasteiger partial charge >= 0.3 is 6.03 Å². The Balaban J connectivity index is 1.78. The van der Waals surface area contributed by atoms with Gasteiger partial charge in [0.15, 0.2) is 0 Å². The molecule has 0 saturated carbocycles. The normalized spacial score (nSPS) is 19.2. The van der Waals surface area contributed by atoms with E-state index in [9.17, 15) is 14.7 Å². The molecule has 110 valence electrons. The third-order valence-corrected chi connectivity index (χ3v) is 3.82. The molecule has 1 fully saturated rings. The third kappa shape index (κ3) is 3.36. The Bertz CT molecular complexity index is 487. The molecule has 1 aromatic heterocycles. The van der Waals surface area contributed by atoms with Gasteiger partial charge in [-0.1, -0.05) is 6.07 Å². The van der Waals surface area contributed by atoms with Crippen molar-refractivity contribution in [2.75, 3.05) is 13.2 Å². The highest BCUT2D eigenvalue weighted by atomic mass is 32.1. The lowest BCUT2D eigenvalue weighted by atomic mass is 10.1. The standard InChI is InChI=1S/C13H18N2O4S/c1-13(2)11(17)15(12(18)14-13)6-9(16)7-19-8-10-4-3-5-20-10/h3-5,9,16H,6-8H2,1-2H3,(H,14,18)/t9-/m1/s1. The van der Waals surface area contributed by atoms with E-state index in [4.69, 9.17) is 4.74 Å². The van der Waals surface area contributed by atoms with Crippen molar-refractivity contribution >= 4 is 23.3 Å². The molecular weight excluding hydrogens is 280 g/mol. The van der Waals surface area contributed by atoms with Crippen molar-refractivity contribution < 1.29 is 19.4 Å². The zero-order valence-corrected chi connectivity index (χ0v) is 12.3. The summed E-state index contributed by atoms with van der Waals surface area (Å²) in [5, 5.41) is 14.4. The van der Waals surface area contributed by atoms with Crippen LogP contribution in [0.4, 0.5) is 4.79 Å². The minimum Gasteiger partial charge on any atom is -0.389 e. The van der Waals surface area contributed by atoms with Crippen LogP contribution in [-0.4, -0.2) is 46.7 Å². The summed E-state index contributed by atoms with van der Waals surface area (Å²) in [6.45, 7) is 3.70. The Morgan fingerprint density at radius 3 is 2.80 bits per heavy atom. The summed E-state index contributed by atoms with van der Waals surface area (Å²) < 4.78 is 5.36. The lowest BCUT2D eigenvalue weighted by molar-refractivity contribution is -0.131. The van der Waals surface area contributed by atoms with Crippen molar-refractivity contribution in [2.45, 2.75) is 32.1 Å². The minimum absolute atomic E-state index is 0.0570. The molecule has 0 unspecified atom stereocenters. The molecule has 0 radical (unpaired) electrons. The molecule has 2 N–H and O–H groups in total. The number of hydrogen-bond acceptors (Lipinski definition) is 5. The van der Waals surface area contributed by atoms with Gasteiger partial charge in [-0.25, -0.2) is 4.79 Å². The first-order valence-corrected chi connectivity index (χ1v) is 7.20. The van der Waals surface area contributed by atoms with E-state index in [0.717, 1.165) is 9.78 Å². The monoisotopic (exact) mass is 298 g/mol. The summed E-state index contributed by atoms with van der Waals surface area (Å²) in [6, 6.07) is 3.39. The summed E-state index contributed by atoms with van der Waals surface area (Å²) in [4.78, 5) is 25.7.